The van der Waals surface area contributed by atoms with Crippen molar-refractivity contribution in [2.45, 2.75) is 0 Å². The Labute approximate surface area is 121 Å². The fourth-order valence-corrected chi connectivity index (χ4v) is 1.80. The van der Waals surface area contributed by atoms with Crippen molar-refractivity contribution in [3.8, 4) is 0 Å². The Morgan fingerprint density at radius 3 is 2.71 bits per heavy atom. The Hall–Kier alpha value is -2.94. The van der Waals surface area contributed by atoms with E-state index in [9.17, 15) is 19.7 Å². The van der Waals surface area contributed by atoms with Crippen molar-refractivity contribution in [3.63, 3.8) is 0 Å². The van der Waals surface area contributed by atoms with Crippen molar-refractivity contribution in [2.75, 3.05) is 5.32 Å². The summed E-state index contributed by atoms with van der Waals surface area (Å²) in [6, 6.07) is 3.58. The molecule has 0 radical (unpaired) electrons. The molecule has 0 aliphatic heterocycles. The average Bonchev–Trinajstić information content (AvgIpc) is 2.87. The van der Waals surface area contributed by atoms with E-state index in [2.05, 4.69) is 15.3 Å². The number of nitro benzene ring substituents is 1. The van der Waals surface area contributed by atoms with Crippen LogP contribution in [0.15, 0.2) is 24.5 Å². The number of hydrogen-bond donors (Lipinski definition) is 3. The molecular weight excluding hydrogens is 304 g/mol. The number of anilines is 1. The number of aromatic amines is 1. The Balaban J connectivity index is 2.24. The van der Waals surface area contributed by atoms with E-state index in [0.29, 0.717) is 0 Å². The SMILES string of the molecule is O=C(Nc1ccc([N+](=O)[O-])c(Cl)c1)c1nc[nH]c1C(=O)O. The summed E-state index contributed by atoms with van der Waals surface area (Å²) in [7, 11) is 0. The second-order valence-corrected chi connectivity index (χ2v) is 4.22. The summed E-state index contributed by atoms with van der Waals surface area (Å²) in [5.74, 6) is -2.11. The van der Waals surface area contributed by atoms with Crippen molar-refractivity contribution in [1.29, 1.82) is 0 Å². The lowest BCUT2D eigenvalue weighted by Gasteiger charge is -2.04. The van der Waals surface area contributed by atoms with E-state index in [-0.39, 0.29) is 27.8 Å². The van der Waals surface area contributed by atoms with Gasteiger partial charge >= 0.3 is 5.97 Å². The fourth-order valence-electron chi connectivity index (χ4n) is 1.55. The van der Waals surface area contributed by atoms with Gasteiger partial charge in [0.25, 0.3) is 11.6 Å². The zero-order chi connectivity index (χ0) is 15.6. The van der Waals surface area contributed by atoms with E-state index >= 15 is 0 Å². The van der Waals surface area contributed by atoms with Gasteiger partial charge in [0.2, 0.25) is 0 Å². The number of carboxylic acid groups (broad SMARTS) is 1. The lowest BCUT2D eigenvalue weighted by atomic mass is 10.2. The second kappa shape index (κ2) is 5.59. The number of carboxylic acids is 1. The normalized spacial score (nSPS) is 10.1. The van der Waals surface area contributed by atoms with Gasteiger partial charge in [-0.1, -0.05) is 11.6 Å². The summed E-state index contributed by atoms with van der Waals surface area (Å²) in [4.78, 5) is 38.6. The van der Waals surface area contributed by atoms with Crippen LogP contribution in [-0.4, -0.2) is 31.9 Å². The monoisotopic (exact) mass is 310 g/mol. The highest BCUT2D eigenvalue weighted by Crippen LogP contribution is 2.27. The molecule has 0 aliphatic rings. The zero-order valence-corrected chi connectivity index (χ0v) is 10.9. The molecule has 0 unspecified atom stereocenters. The molecule has 0 spiro atoms. The number of carbonyl (C=O) groups is 2. The Bertz CT molecular complexity index is 742. The van der Waals surface area contributed by atoms with E-state index in [1.807, 2.05) is 0 Å². The van der Waals surface area contributed by atoms with Crippen LogP contribution in [0.3, 0.4) is 0 Å². The highest BCUT2D eigenvalue weighted by molar-refractivity contribution is 6.33. The minimum absolute atomic E-state index is 0.154. The maximum Gasteiger partial charge on any atom is 0.354 e. The molecule has 2 aromatic rings. The van der Waals surface area contributed by atoms with E-state index in [1.54, 1.807) is 0 Å². The smallest absolute Gasteiger partial charge is 0.354 e. The van der Waals surface area contributed by atoms with Crippen LogP contribution < -0.4 is 5.32 Å². The lowest BCUT2D eigenvalue weighted by molar-refractivity contribution is -0.384. The molecule has 108 valence electrons. The molecule has 1 aromatic heterocycles. The molecule has 0 bridgehead atoms. The summed E-state index contributed by atoms with van der Waals surface area (Å²) in [5.41, 5.74) is -0.798. The molecule has 2 rings (SSSR count). The molecule has 9 nitrogen and oxygen atoms in total. The fraction of sp³-hybridized carbons (Fsp3) is 0. The number of aromatic nitrogens is 2. The number of aromatic carboxylic acids is 1. The van der Waals surface area contributed by atoms with Crippen molar-refractivity contribution < 1.29 is 19.6 Å². The molecule has 0 saturated carbocycles. The maximum absolute atomic E-state index is 11.9. The van der Waals surface area contributed by atoms with Crippen LogP contribution in [0.1, 0.15) is 21.0 Å². The highest BCUT2D eigenvalue weighted by Gasteiger charge is 2.20. The van der Waals surface area contributed by atoms with Crippen molar-refractivity contribution in [2.24, 2.45) is 0 Å². The molecule has 1 amide bonds. The van der Waals surface area contributed by atoms with Crippen molar-refractivity contribution >= 4 is 34.9 Å². The number of nitro groups is 1. The number of nitrogens with zero attached hydrogens (tertiary/aromatic N) is 2. The number of imidazole rings is 1. The lowest BCUT2D eigenvalue weighted by Crippen LogP contribution is -2.16. The molecule has 1 aromatic carbocycles. The predicted octanol–water partition coefficient (Wildman–Crippen LogP) is 1.92. The van der Waals surface area contributed by atoms with Gasteiger partial charge in [-0.25, -0.2) is 9.78 Å². The summed E-state index contributed by atoms with van der Waals surface area (Å²) in [5, 5.41) is 21.7. The second-order valence-electron chi connectivity index (χ2n) is 3.81. The van der Waals surface area contributed by atoms with Gasteiger partial charge in [-0.2, -0.15) is 0 Å². The Morgan fingerprint density at radius 2 is 2.14 bits per heavy atom. The van der Waals surface area contributed by atoms with Gasteiger partial charge in [0.15, 0.2) is 11.4 Å². The molecule has 10 heteroatoms. The van der Waals surface area contributed by atoms with Crippen LogP contribution in [-0.2, 0) is 0 Å². The summed E-state index contributed by atoms with van der Waals surface area (Å²) in [6.07, 6.45) is 1.07. The first kappa shape index (κ1) is 14.5. The number of rotatable bonds is 4. The summed E-state index contributed by atoms with van der Waals surface area (Å²) < 4.78 is 0. The average molecular weight is 311 g/mol. The molecule has 0 atom stereocenters. The first-order valence-electron chi connectivity index (χ1n) is 5.42. The number of H-pyrrole nitrogens is 1. The maximum atomic E-state index is 11.9. The molecule has 1 heterocycles. The molecule has 3 N–H and O–H groups in total. The third-order valence-electron chi connectivity index (χ3n) is 2.47. The van der Waals surface area contributed by atoms with Gasteiger partial charge in [-0.3, -0.25) is 14.9 Å². The van der Waals surface area contributed by atoms with Crippen molar-refractivity contribution in [1.82, 2.24) is 9.97 Å². The van der Waals surface area contributed by atoms with Crippen molar-refractivity contribution in [3.05, 3.63) is 51.1 Å². The van der Waals surface area contributed by atoms with Crippen LogP contribution in [0.4, 0.5) is 11.4 Å². The number of hydrogen-bond acceptors (Lipinski definition) is 5. The van der Waals surface area contributed by atoms with E-state index in [1.165, 1.54) is 12.1 Å². The van der Waals surface area contributed by atoms with Gasteiger partial charge in [0.05, 0.1) is 11.3 Å². The van der Waals surface area contributed by atoms with E-state index < -0.39 is 16.8 Å². The zero-order valence-electron chi connectivity index (χ0n) is 10.2. The van der Waals surface area contributed by atoms with Crippen LogP contribution >= 0.6 is 11.6 Å². The third-order valence-corrected chi connectivity index (χ3v) is 2.77. The predicted molar refractivity (Wildman–Crippen MR) is 71.6 cm³/mol. The summed E-state index contributed by atoms with van der Waals surface area (Å²) >= 11 is 5.71. The molecule has 21 heavy (non-hydrogen) atoms. The Morgan fingerprint density at radius 1 is 1.43 bits per heavy atom. The van der Waals surface area contributed by atoms with Gasteiger partial charge in [0.1, 0.15) is 5.02 Å². The number of halogens is 1. The van der Waals surface area contributed by atoms with Gasteiger partial charge < -0.3 is 15.4 Å². The Kier molecular flexibility index (Phi) is 3.85. The largest absolute Gasteiger partial charge is 0.477 e. The van der Waals surface area contributed by atoms with E-state index in [0.717, 1.165) is 12.4 Å². The number of benzene rings is 1. The molecular formula is C11H7ClN4O5. The standard InChI is InChI=1S/C11H7ClN4O5/c12-6-3-5(1-2-7(6)16(20)21)15-10(17)8-9(11(18)19)14-4-13-8/h1-4H,(H,13,14)(H,15,17)(H,18,19). The molecule has 0 aliphatic carbocycles. The van der Waals surface area contributed by atoms with Crippen LogP contribution in [0.2, 0.25) is 5.02 Å². The minimum atomic E-state index is -1.33. The first-order chi connectivity index (χ1) is 9.90. The number of amides is 1. The first-order valence-corrected chi connectivity index (χ1v) is 5.80. The summed E-state index contributed by atoms with van der Waals surface area (Å²) in [6.45, 7) is 0. The van der Waals surface area contributed by atoms with Crippen LogP contribution in [0.25, 0.3) is 0 Å². The van der Waals surface area contributed by atoms with Gasteiger partial charge in [0, 0.05) is 11.8 Å². The minimum Gasteiger partial charge on any atom is -0.477 e. The number of nitrogens with one attached hydrogen (secondary N) is 2. The molecule has 0 fully saturated rings. The van der Waals surface area contributed by atoms with Gasteiger partial charge in [-0.05, 0) is 12.1 Å². The highest BCUT2D eigenvalue weighted by atomic mass is 35.5. The van der Waals surface area contributed by atoms with Crippen LogP contribution in [0, 0.1) is 10.1 Å². The van der Waals surface area contributed by atoms with E-state index in [4.69, 9.17) is 16.7 Å². The number of carbonyl (C=O) groups excluding carboxylic acids is 1. The quantitative estimate of drug-likeness (QED) is 0.582. The topological polar surface area (TPSA) is 138 Å². The molecule has 0 saturated heterocycles. The van der Waals surface area contributed by atoms with Crippen LogP contribution in [0.5, 0.6) is 0 Å². The van der Waals surface area contributed by atoms with Gasteiger partial charge in [-0.15, -0.1) is 0 Å². The third kappa shape index (κ3) is 2.98.